The van der Waals surface area contributed by atoms with Crippen LogP contribution in [0.4, 0.5) is 11.4 Å². The number of nitrogens with zero attached hydrogens (tertiary/aromatic N) is 2. The van der Waals surface area contributed by atoms with Crippen molar-refractivity contribution >= 4 is 23.3 Å². The fourth-order valence-corrected chi connectivity index (χ4v) is 3.20. The summed E-state index contributed by atoms with van der Waals surface area (Å²) in [6, 6.07) is 18.1. The van der Waals surface area contributed by atoms with Crippen molar-refractivity contribution in [3.8, 4) is 0 Å². The Morgan fingerprint density at radius 3 is 2.56 bits per heavy atom. The second-order valence-corrected chi connectivity index (χ2v) is 6.09. The molecule has 2 heterocycles. The molecule has 0 saturated heterocycles. The van der Waals surface area contributed by atoms with Crippen molar-refractivity contribution in [3.63, 3.8) is 0 Å². The molecule has 0 unspecified atom stereocenters. The van der Waals surface area contributed by atoms with E-state index in [1.165, 1.54) is 7.11 Å². The van der Waals surface area contributed by atoms with Gasteiger partial charge in [0.1, 0.15) is 6.17 Å². The number of aromatic nitrogens is 1. The van der Waals surface area contributed by atoms with Gasteiger partial charge in [-0.3, -0.25) is 14.7 Å². The van der Waals surface area contributed by atoms with Gasteiger partial charge in [-0.25, -0.2) is 4.79 Å². The maximum atomic E-state index is 13.0. The van der Waals surface area contributed by atoms with Gasteiger partial charge in [-0.1, -0.05) is 18.2 Å². The Balaban J connectivity index is 1.70. The van der Waals surface area contributed by atoms with Gasteiger partial charge in [0.15, 0.2) is 0 Å². The Morgan fingerprint density at radius 2 is 1.85 bits per heavy atom. The van der Waals surface area contributed by atoms with Crippen molar-refractivity contribution in [2.75, 3.05) is 17.3 Å². The average Bonchev–Trinajstić information content (AvgIpc) is 3.00. The van der Waals surface area contributed by atoms with Crippen LogP contribution in [0.15, 0.2) is 73.1 Å². The standard InChI is InChI=1S/C21H17N3O3/c1-27-21(26)14-8-10-15(11-9-14)23-19-17-6-2-3-7-18(17)20(25)24(19)16-5-4-12-22-13-16/h2-13,19,23H,1H3/t19-/m0/s1. The van der Waals surface area contributed by atoms with Crippen LogP contribution in [0.1, 0.15) is 32.4 Å². The summed E-state index contributed by atoms with van der Waals surface area (Å²) in [5, 5.41) is 3.39. The zero-order valence-electron chi connectivity index (χ0n) is 14.6. The lowest BCUT2D eigenvalue weighted by Gasteiger charge is -2.27. The molecule has 6 nitrogen and oxygen atoms in total. The monoisotopic (exact) mass is 359 g/mol. The molecular formula is C21H17N3O3. The van der Waals surface area contributed by atoms with Crippen LogP contribution in [0.2, 0.25) is 0 Å². The summed E-state index contributed by atoms with van der Waals surface area (Å²) < 4.78 is 4.73. The summed E-state index contributed by atoms with van der Waals surface area (Å²) in [5.41, 5.74) is 3.51. The third-order valence-corrected chi connectivity index (χ3v) is 4.50. The van der Waals surface area contributed by atoms with Gasteiger partial charge in [-0.05, 0) is 42.5 Å². The first kappa shape index (κ1) is 16.8. The van der Waals surface area contributed by atoms with E-state index in [0.29, 0.717) is 16.8 Å². The van der Waals surface area contributed by atoms with Crippen molar-refractivity contribution < 1.29 is 14.3 Å². The number of amides is 1. The summed E-state index contributed by atoms with van der Waals surface area (Å²) in [5.74, 6) is -0.470. The smallest absolute Gasteiger partial charge is 0.337 e. The first-order valence-electron chi connectivity index (χ1n) is 8.46. The number of carbonyl (C=O) groups excluding carboxylic acids is 2. The second kappa shape index (κ2) is 6.92. The van der Waals surface area contributed by atoms with Crippen LogP contribution in [-0.2, 0) is 4.74 Å². The van der Waals surface area contributed by atoms with Crippen molar-refractivity contribution in [2.24, 2.45) is 0 Å². The highest BCUT2D eigenvalue weighted by atomic mass is 16.5. The first-order chi connectivity index (χ1) is 13.2. The molecule has 2 aromatic carbocycles. The lowest BCUT2D eigenvalue weighted by molar-refractivity contribution is 0.0600. The van der Waals surface area contributed by atoms with E-state index in [9.17, 15) is 9.59 Å². The Kier molecular flexibility index (Phi) is 4.30. The molecule has 0 radical (unpaired) electrons. The molecule has 0 fully saturated rings. The number of fused-ring (bicyclic) bond motifs is 1. The fourth-order valence-electron chi connectivity index (χ4n) is 3.20. The number of methoxy groups -OCH3 is 1. The highest BCUT2D eigenvalue weighted by Gasteiger charge is 2.37. The van der Waals surface area contributed by atoms with Gasteiger partial charge in [-0.15, -0.1) is 0 Å². The fraction of sp³-hybridized carbons (Fsp3) is 0.0952. The third kappa shape index (κ3) is 3.01. The normalized spacial score (nSPS) is 15.4. The summed E-state index contributed by atoms with van der Waals surface area (Å²) in [6.45, 7) is 0. The molecule has 1 aromatic heterocycles. The predicted molar refractivity (Wildman–Crippen MR) is 102 cm³/mol. The minimum Gasteiger partial charge on any atom is -0.465 e. The van der Waals surface area contributed by atoms with E-state index in [0.717, 1.165) is 11.3 Å². The quantitative estimate of drug-likeness (QED) is 0.720. The number of carbonyl (C=O) groups is 2. The van der Waals surface area contributed by atoms with Gasteiger partial charge < -0.3 is 10.1 Å². The molecular weight excluding hydrogens is 342 g/mol. The van der Waals surface area contributed by atoms with E-state index < -0.39 is 0 Å². The van der Waals surface area contributed by atoms with Gasteiger partial charge in [-0.2, -0.15) is 0 Å². The van der Waals surface area contributed by atoms with Crippen LogP contribution in [0.25, 0.3) is 0 Å². The largest absolute Gasteiger partial charge is 0.465 e. The topological polar surface area (TPSA) is 71.5 Å². The van der Waals surface area contributed by atoms with Gasteiger partial charge >= 0.3 is 5.97 Å². The molecule has 134 valence electrons. The van der Waals surface area contributed by atoms with Gasteiger partial charge in [0, 0.05) is 23.0 Å². The lowest BCUT2D eigenvalue weighted by atomic mass is 10.1. The highest BCUT2D eigenvalue weighted by molar-refractivity contribution is 6.11. The summed E-state index contributed by atoms with van der Waals surface area (Å²) in [7, 11) is 1.35. The minimum absolute atomic E-state index is 0.0812. The zero-order chi connectivity index (χ0) is 18.8. The van der Waals surface area contributed by atoms with Crippen molar-refractivity contribution in [2.45, 2.75) is 6.17 Å². The van der Waals surface area contributed by atoms with E-state index in [-0.39, 0.29) is 18.0 Å². The van der Waals surface area contributed by atoms with Crippen molar-refractivity contribution in [1.82, 2.24) is 4.98 Å². The van der Waals surface area contributed by atoms with Gasteiger partial charge in [0.05, 0.1) is 24.6 Å². The predicted octanol–water partition coefficient (Wildman–Crippen LogP) is 3.64. The van der Waals surface area contributed by atoms with E-state index in [2.05, 4.69) is 10.3 Å². The molecule has 4 rings (SSSR count). The van der Waals surface area contributed by atoms with Crippen LogP contribution in [0.5, 0.6) is 0 Å². The molecule has 6 heteroatoms. The molecule has 1 aliphatic heterocycles. The minimum atomic E-state index is -0.389. The number of benzene rings is 2. The Bertz CT molecular complexity index is 987. The Morgan fingerprint density at radius 1 is 1.07 bits per heavy atom. The second-order valence-electron chi connectivity index (χ2n) is 6.09. The van der Waals surface area contributed by atoms with Crippen LogP contribution in [0.3, 0.4) is 0 Å². The highest BCUT2D eigenvalue weighted by Crippen LogP contribution is 2.37. The van der Waals surface area contributed by atoms with E-state index in [1.807, 2.05) is 30.3 Å². The number of esters is 1. The number of ether oxygens (including phenoxy) is 1. The molecule has 1 N–H and O–H groups in total. The maximum absolute atomic E-state index is 13.0. The maximum Gasteiger partial charge on any atom is 0.337 e. The first-order valence-corrected chi connectivity index (χ1v) is 8.46. The molecule has 0 saturated carbocycles. The molecule has 1 amide bonds. The molecule has 27 heavy (non-hydrogen) atoms. The molecule has 1 aliphatic rings. The number of rotatable bonds is 4. The number of nitrogens with one attached hydrogen (secondary N) is 1. The molecule has 0 spiro atoms. The van der Waals surface area contributed by atoms with Crippen molar-refractivity contribution in [1.29, 1.82) is 0 Å². The molecule has 3 aromatic rings. The molecule has 0 aliphatic carbocycles. The summed E-state index contributed by atoms with van der Waals surface area (Å²) in [4.78, 5) is 30.4. The molecule has 1 atom stereocenters. The van der Waals surface area contributed by atoms with Crippen LogP contribution in [0, 0.1) is 0 Å². The van der Waals surface area contributed by atoms with Crippen LogP contribution in [-0.4, -0.2) is 24.0 Å². The summed E-state index contributed by atoms with van der Waals surface area (Å²) in [6.07, 6.45) is 2.96. The number of hydrogen-bond acceptors (Lipinski definition) is 5. The van der Waals surface area contributed by atoms with E-state index in [4.69, 9.17) is 4.74 Å². The average molecular weight is 359 g/mol. The van der Waals surface area contributed by atoms with Gasteiger partial charge in [0.2, 0.25) is 0 Å². The number of hydrogen-bond donors (Lipinski definition) is 1. The lowest BCUT2D eigenvalue weighted by Crippen LogP contribution is -2.32. The number of anilines is 2. The van der Waals surface area contributed by atoms with Crippen LogP contribution < -0.4 is 10.2 Å². The number of pyridine rings is 1. The van der Waals surface area contributed by atoms with Crippen molar-refractivity contribution in [3.05, 3.63) is 89.7 Å². The SMILES string of the molecule is COC(=O)c1ccc(N[C@@H]2c3ccccc3C(=O)N2c2cccnc2)cc1. The zero-order valence-corrected chi connectivity index (χ0v) is 14.6. The Labute approximate surface area is 156 Å². The van der Waals surface area contributed by atoms with Crippen LogP contribution >= 0.6 is 0 Å². The van der Waals surface area contributed by atoms with Gasteiger partial charge in [0.25, 0.3) is 5.91 Å². The Hall–Kier alpha value is -3.67. The van der Waals surface area contributed by atoms with E-state index in [1.54, 1.807) is 47.6 Å². The summed E-state index contributed by atoms with van der Waals surface area (Å²) >= 11 is 0. The molecule has 0 bridgehead atoms. The van der Waals surface area contributed by atoms with E-state index >= 15 is 0 Å². The third-order valence-electron chi connectivity index (χ3n) is 4.50.